The van der Waals surface area contributed by atoms with Crippen LogP contribution in [0.25, 0.3) is 22.0 Å². The molecular formula is C17H17N3O. The summed E-state index contributed by atoms with van der Waals surface area (Å²) in [5.41, 5.74) is 2.34. The molecule has 0 radical (unpaired) electrons. The lowest BCUT2D eigenvalue weighted by Crippen LogP contribution is -2.16. The van der Waals surface area contributed by atoms with Gasteiger partial charge in [0.15, 0.2) is 0 Å². The SMILES string of the molecule is CCCc1nc(-c2cccc3cnccc23)c(C)c(=O)[nH]1. The number of aromatic amines is 1. The van der Waals surface area contributed by atoms with E-state index in [-0.39, 0.29) is 5.56 Å². The average Bonchev–Trinajstić information content (AvgIpc) is 2.50. The molecular weight excluding hydrogens is 262 g/mol. The summed E-state index contributed by atoms with van der Waals surface area (Å²) in [7, 11) is 0. The second kappa shape index (κ2) is 5.48. The van der Waals surface area contributed by atoms with Gasteiger partial charge in [-0.25, -0.2) is 4.98 Å². The van der Waals surface area contributed by atoms with Crippen molar-refractivity contribution in [3.8, 4) is 11.3 Å². The van der Waals surface area contributed by atoms with Crippen molar-refractivity contribution in [3.05, 3.63) is 58.4 Å². The number of aromatic nitrogens is 3. The summed E-state index contributed by atoms with van der Waals surface area (Å²) in [6.45, 7) is 3.89. The minimum absolute atomic E-state index is 0.0606. The van der Waals surface area contributed by atoms with Crippen LogP contribution in [0.4, 0.5) is 0 Å². The molecule has 1 aromatic carbocycles. The fourth-order valence-corrected chi connectivity index (χ4v) is 2.53. The van der Waals surface area contributed by atoms with Crippen molar-refractivity contribution in [1.82, 2.24) is 15.0 Å². The Morgan fingerprint density at radius 1 is 1.24 bits per heavy atom. The number of H-pyrrole nitrogens is 1. The van der Waals surface area contributed by atoms with Gasteiger partial charge in [-0.3, -0.25) is 9.78 Å². The van der Waals surface area contributed by atoms with Gasteiger partial charge < -0.3 is 4.98 Å². The summed E-state index contributed by atoms with van der Waals surface area (Å²) in [6.07, 6.45) is 5.31. The van der Waals surface area contributed by atoms with Crippen LogP contribution in [0.5, 0.6) is 0 Å². The van der Waals surface area contributed by atoms with Gasteiger partial charge in [-0.1, -0.05) is 25.1 Å². The van der Waals surface area contributed by atoms with E-state index < -0.39 is 0 Å². The van der Waals surface area contributed by atoms with Crippen molar-refractivity contribution in [2.75, 3.05) is 0 Å². The standard InChI is InChI=1S/C17H17N3O/c1-3-5-15-19-16(11(2)17(21)20-15)14-7-4-6-12-10-18-9-8-13(12)14/h4,6-10H,3,5H2,1-2H3,(H,19,20,21). The summed E-state index contributed by atoms with van der Waals surface area (Å²) >= 11 is 0. The Kier molecular flexibility index (Phi) is 3.52. The lowest BCUT2D eigenvalue weighted by Gasteiger charge is -2.10. The first-order valence-electron chi connectivity index (χ1n) is 7.13. The largest absolute Gasteiger partial charge is 0.310 e. The first-order chi connectivity index (χ1) is 10.2. The third-order valence-electron chi connectivity index (χ3n) is 3.62. The normalized spacial score (nSPS) is 11.0. The molecule has 0 aliphatic heterocycles. The van der Waals surface area contributed by atoms with Gasteiger partial charge in [0.1, 0.15) is 5.82 Å². The maximum Gasteiger partial charge on any atom is 0.254 e. The zero-order chi connectivity index (χ0) is 14.8. The van der Waals surface area contributed by atoms with Crippen LogP contribution < -0.4 is 5.56 Å². The maximum absolute atomic E-state index is 12.1. The molecule has 2 aromatic heterocycles. The minimum atomic E-state index is -0.0606. The van der Waals surface area contributed by atoms with Crippen LogP contribution in [0.1, 0.15) is 24.7 Å². The molecule has 3 rings (SSSR count). The zero-order valence-electron chi connectivity index (χ0n) is 12.2. The van der Waals surface area contributed by atoms with Gasteiger partial charge >= 0.3 is 0 Å². The van der Waals surface area contributed by atoms with Gasteiger partial charge in [0.05, 0.1) is 5.69 Å². The third kappa shape index (κ3) is 2.44. The Balaban J connectivity index is 2.30. The van der Waals surface area contributed by atoms with Gasteiger partial charge in [0.2, 0.25) is 0 Å². The monoisotopic (exact) mass is 279 g/mol. The molecule has 0 aliphatic rings. The molecule has 0 fully saturated rings. The summed E-state index contributed by atoms with van der Waals surface area (Å²) in [5.74, 6) is 0.745. The molecule has 0 saturated heterocycles. The van der Waals surface area contributed by atoms with Crippen LogP contribution in [-0.4, -0.2) is 15.0 Å². The average molecular weight is 279 g/mol. The number of nitrogens with one attached hydrogen (secondary N) is 1. The van der Waals surface area contributed by atoms with E-state index in [2.05, 4.69) is 21.9 Å². The Morgan fingerprint density at radius 2 is 2.10 bits per heavy atom. The molecule has 0 aliphatic carbocycles. The van der Waals surface area contributed by atoms with E-state index in [1.165, 1.54) is 0 Å². The van der Waals surface area contributed by atoms with E-state index in [0.29, 0.717) is 5.56 Å². The van der Waals surface area contributed by atoms with E-state index in [1.807, 2.05) is 37.4 Å². The second-order valence-electron chi connectivity index (χ2n) is 5.14. The van der Waals surface area contributed by atoms with Crippen molar-refractivity contribution in [2.24, 2.45) is 0 Å². The van der Waals surface area contributed by atoms with E-state index in [1.54, 1.807) is 6.20 Å². The van der Waals surface area contributed by atoms with Crippen LogP contribution in [-0.2, 0) is 6.42 Å². The lowest BCUT2D eigenvalue weighted by molar-refractivity contribution is 0.823. The molecule has 0 amide bonds. The van der Waals surface area contributed by atoms with Gasteiger partial charge in [-0.2, -0.15) is 0 Å². The lowest BCUT2D eigenvalue weighted by atomic mass is 10.0. The molecule has 0 bridgehead atoms. The Morgan fingerprint density at radius 3 is 2.90 bits per heavy atom. The highest BCUT2D eigenvalue weighted by atomic mass is 16.1. The Bertz CT molecular complexity index is 847. The number of hydrogen-bond donors (Lipinski definition) is 1. The van der Waals surface area contributed by atoms with Crippen LogP contribution in [0, 0.1) is 6.92 Å². The van der Waals surface area contributed by atoms with Gasteiger partial charge in [-0.05, 0) is 24.8 Å². The molecule has 106 valence electrons. The number of benzene rings is 1. The molecule has 0 saturated carbocycles. The van der Waals surface area contributed by atoms with Gasteiger partial charge in [0, 0.05) is 35.3 Å². The summed E-state index contributed by atoms with van der Waals surface area (Å²) in [4.78, 5) is 23.8. The highest BCUT2D eigenvalue weighted by Gasteiger charge is 2.12. The summed E-state index contributed by atoms with van der Waals surface area (Å²) in [6, 6.07) is 7.96. The number of aryl methyl sites for hydroxylation is 1. The highest BCUT2D eigenvalue weighted by molar-refractivity contribution is 5.95. The fourth-order valence-electron chi connectivity index (χ4n) is 2.53. The summed E-state index contributed by atoms with van der Waals surface area (Å²) < 4.78 is 0. The summed E-state index contributed by atoms with van der Waals surface area (Å²) in [5, 5.41) is 2.12. The van der Waals surface area contributed by atoms with Crippen molar-refractivity contribution < 1.29 is 0 Å². The Hall–Kier alpha value is -2.49. The number of nitrogens with zero attached hydrogens (tertiary/aromatic N) is 2. The molecule has 2 heterocycles. The number of rotatable bonds is 3. The number of hydrogen-bond acceptors (Lipinski definition) is 3. The molecule has 1 N–H and O–H groups in total. The smallest absolute Gasteiger partial charge is 0.254 e. The first kappa shape index (κ1) is 13.5. The molecule has 0 unspecified atom stereocenters. The van der Waals surface area contributed by atoms with E-state index in [4.69, 9.17) is 0 Å². The van der Waals surface area contributed by atoms with E-state index >= 15 is 0 Å². The number of fused-ring (bicyclic) bond motifs is 1. The topological polar surface area (TPSA) is 58.6 Å². The van der Waals surface area contributed by atoms with Crippen molar-refractivity contribution in [1.29, 1.82) is 0 Å². The second-order valence-corrected chi connectivity index (χ2v) is 5.14. The molecule has 3 aromatic rings. The van der Waals surface area contributed by atoms with Crippen LogP contribution in [0.3, 0.4) is 0 Å². The third-order valence-corrected chi connectivity index (χ3v) is 3.62. The quantitative estimate of drug-likeness (QED) is 0.800. The predicted molar refractivity (Wildman–Crippen MR) is 84.3 cm³/mol. The van der Waals surface area contributed by atoms with Gasteiger partial charge in [-0.15, -0.1) is 0 Å². The minimum Gasteiger partial charge on any atom is -0.310 e. The van der Waals surface area contributed by atoms with E-state index in [0.717, 1.165) is 40.7 Å². The van der Waals surface area contributed by atoms with Crippen LogP contribution in [0.15, 0.2) is 41.5 Å². The van der Waals surface area contributed by atoms with Crippen molar-refractivity contribution in [2.45, 2.75) is 26.7 Å². The molecule has 4 nitrogen and oxygen atoms in total. The van der Waals surface area contributed by atoms with Crippen molar-refractivity contribution in [3.63, 3.8) is 0 Å². The molecule has 0 atom stereocenters. The molecule has 4 heteroatoms. The van der Waals surface area contributed by atoms with Crippen LogP contribution in [0.2, 0.25) is 0 Å². The van der Waals surface area contributed by atoms with Crippen molar-refractivity contribution >= 4 is 10.8 Å². The van der Waals surface area contributed by atoms with E-state index in [9.17, 15) is 4.79 Å². The predicted octanol–water partition coefficient (Wildman–Crippen LogP) is 3.25. The molecule has 0 spiro atoms. The zero-order valence-corrected chi connectivity index (χ0v) is 12.2. The highest BCUT2D eigenvalue weighted by Crippen LogP contribution is 2.27. The maximum atomic E-state index is 12.1. The number of pyridine rings is 1. The Labute approximate surface area is 122 Å². The van der Waals surface area contributed by atoms with Crippen LogP contribution >= 0.6 is 0 Å². The first-order valence-corrected chi connectivity index (χ1v) is 7.13. The fraction of sp³-hybridized carbons (Fsp3) is 0.235. The molecule has 21 heavy (non-hydrogen) atoms. The van der Waals surface area contributed by atoms with Gasteiger partial charge in [0.25, 0.3) is 5.56 Å².